The van der Waals surface area contributed by atoms with Crippen molar-refractivity contribution in [1.82, 2.24) is 5.32 Å². The first-order valence-electron chi connectivity index (χ1n) is 5.65. The Morgan fingerprint density at radius 3 is 2.23 bits per heavy atom. The van der Waals surface area contributed by atoms with E-state index >= 15 is 0 Å². The van der Waals surface area contributed by atoms with Gasteiger partial charge in [0.15, 0.2) is 8.32 Å². The SMILES string of the molecule is CC[Si](CC)(CC)O[C@H]1CCNC1. The third-order valence-corrected chi connectivity index (χ3v) is 8.06. The van der Waals surface area contributed by atoms with E-state index in [2.05, 4.69) is 26.1 Å². The number of rotatable bonds is 5. The Morgan fingerprint density at radius 1 is 1.23 bits per heavy atom. The quantitative estimate of drug-likeness (QED) is 0.690. The van der Waals surface area contributed by atoms with Crippen LogP contribution in [0.5, 0.6) is 0 Å². The van der Waals surface area contributed by atoms with E-state index in [-0.39, 0.29) is 0 Å². The summed E-state index contributed by atoms with van der Waals surface area (Å²) >= 11 is 0. The molecule has 0 aromatic carbocycles. The maximum Gasteiger partial charge on any atom is 0.192 e. The Balaban J connectivity index is 2.44. The number of hydrogen-bond donors (Lipinski definition) is 1. The van der Waals surface area contributed by atoms with E-state index in [0.29, 0.717) is 6.10 Å². The first kappa shape index (κ1) is 11.2. The molecule has 0 aromatic heterocycles. The van der Waals surface area contributed by atoms with Crippen LogP contribution in [0.2, 0.25) is 18.1 Å². The third kappa shape index (κ3) is 2.79. The van der Waals surface area contributed by atoms with Gasteiger partial charge in [-0.15, -0.1) is 0 Å². The predicted molar refractivity (Wildman–Crippen MR) is 59.6 cm³/mol. The Bertz CT molecular complexity index is 134. The molecule has 13 heavy (non-hydrogen) atoms. The van der Waals surface area contributed by atoms with Crippen molar-refractivity contribution in [3.63, 3.8) is 0 Å². The zero-order chi connectivity index (χ0) is 9.73. The van der Waals surface area contributed by atoms with E-state index in [9.17, 15) is 0 Å². The highest BCUT2D eigenvalue weighted by atomic mass is 28.4. The third-order valence-electron chi connectivity index (χ3n) is 3.36. The van der Waals surface area contributed by atoms with Crippen LogP contribution in [-0.4, -0.2) is 27.5 Å². The molecule has 1 aliphatic heterocycles. The van der Waals surface area contributed by atoms with Crippen LogP contribution in [0.3, 0.4) is 0 Å². The molecule has 3 heteroatoms. The lowest BCUT2D eigenvalue weighted by Crippen LogP contribution is -2.40. The van der Waals surface area contributed by atoms with Gasteiger partial charge in [0, 0.05) is 6.54 Å². The zero-order valence-electron chi connectivity index (χ0n) is 9.23. The van der Waals surface area contributed by atoms with Crippen molar-refractivity contribution in [2.75, 3.05) is 13.1 Å². The lowest BCUT2D eigenvalue weighted by Gasteiger charge is -2.31. The van der Waals surface area contributed by atoms with Crippen LogP contribution in [0.4, 0.5) is 0 Å². The summed E-state index contributed by atoms with van der Waals surface area (Å²) in [5.74, 6) is 0. The highest BCUT2D eigenvalue weighted by Crippen LogP contribution is 2.24. The fraction of sp³-hybridized carbons (Fsp3) is 1.00. The van der Waals surface area contributed by atoms with Crippen molar-refractivity contribution >= 4 is 8.32 Å². The fourth-order valence-electron chi connectivity index (χ4n) is 2.08. The molecule has 0 aliphatic carbocycles. The summed E-state index contributed by atoms with van der Waals surface area (Å²) in [5.41, 5.74) is 0. The van der Waals surface area contributed by atoms with Gasteiger partial charge < -0.3 is 9.74 Å². The van der Waals surface area contributed by atoms with Crippen LogP contribution in [0.25, 0.3) is 0 Å². The number of hydrogen-bond acceptors (Lipinski definition) is 2. The molecule has 0 radical (unpaired) electrons. The normalized spacial score (nSPS) is 23.8. The Labute approximate surface area is 83.2 Å². The second kappa shape index (κ2) is 5.13. The first-order valence-corrected chi connectivity index (χ1v) is 8.17. The minimum atomic E-state index is -1.32. The molecule has 1 rings (SSSR count). The van der Waals surface area contributed by atoms with Gasteiger partial charge in [-0.3, -0.25) is 0 Å². The van der Waals surface area contributed by atoms with Gasteiger partial charge in [0.2, 0.25) is 0 Å². The van der Waals surface area contributed by atoms with E-state index in [4.69, 9.17) is 4.43 Å². The minimum absolute atomic E-state index is 0.520. The lowest BCUT2D eigenvalue weighted by atomic mass is 10.3. The van der Waals surface area contributed by atoms with Gasteiger partial charge in [0.05, 0.1) is 6.10 Å². The molecule has 2 nitrogen and oxygen atoms in total. The highest BCUT2D eigenvalue weighted by Gasteiger charge is 2.32. The molecule has 0 spiro atoms. The molecular weight excluding hydrogens is 178 g/mol. The summed E-state index contributed by atoms with van der Waals surface area (Å²) in [6, 6.07) is 3.82. The molecule has 1 fully saturated rings. The number of nitrogens with one attached hydrogen (secondary N) is 1. The molecular formula is C10H23NOSi. The Hall–Kier alpha value is 0.137. The first-order chi connectivity index (χ1) is 6.26. The van der Waals surface area contributed by atoms with Crippen LogP contribution in [0.15, 0.2) is 0 Å². The fourth-order valence-corrected chi connectivity index (χ4v) is 4.99. The maximum absolute atomic E-state index is 6.32. The molecule has 0 aromatic rings. The van der Waals surface area contributed by atoms with Crippen LogP contribution in [0, 0.1) is 0 Å². The van der Waals surface area contributed by atoms with Crippen LogP contribution in [0.1, 0.15) is 27.2 Å². The topological polar surface area (TPSA) is 21.3 Å². The van der Waals surface area contributed by atoms with Crippen LogP contribution in [-0.2, 0) is 4.43 Å². The van der Waals surface area contributed by atoms with Crippen molar-refractivity contribution in [3.05, 3.63) is 0 Å². The Kier molecular flexibility index (Phi) is 4.42. The molecule has 0 saturated carbocycles. The van der Waals surface area contributed by atoms with Crippen molar-refractivity contribution in [2.45, 2.75) is 51.4 Å². The van der Waals surface area contributed by atoms with Crippen molar-refractivity contribution in [3.8, 4) is 0 Å². The molecule has 0 amide bonds. The molecule has 0 unspecified atom stereocenters. The zero-order valence-corrected chi connectivity index (χ0v) is 10.2. The van der Waals surface area contributed by atoms with Gasteiger partial charge in [0.1, 0.15) is 0 Å². The van der Waals surface area contributed by atoms with Gasteiger partial charge in [0.25, 0.3) is 0 Å². The Morgan fingerprint density at radius 2 is 1.85 bits per heavy atom. The van der Waals surface area contributed by atoms with E-state index in [0.717, 1.165) is 13.1 Å². The van der Waals surface area contributed by atoms with Gasteiger partial charge >= 0.3 is 0 Å². The van der Waals surface area contributed by atoms with Crippen molar-refractivity contribution in [2.24, 2.45) is 0 Å². The highest BCUT2D eigenvalue weighted by molar-refractivity contribution is 6.73. The predicted octanol–water partition coefficient (Wildman–Crippen LogP) is 2.37. The maximum atomic E-state index is 6.32. The molecule has 78 valence electrons. The van der Waals surface area contributed by atoms with E-state index in [1.54, 1.807) is 0 Å². The van der Waals surface area contributed by atoms with Gasteiger partial charge in [-0.05, 0) is 31.1 Å². The molecule has 1 aliphatic rings. The van der Waals surface area contributed by atoms with Gasteiger partial charge in [-0.1, -0.05) is 20.8 Å². The monoisotopic (exact) mass is 201 g/mol. The minimum Gasteiger partial charge on any atom is -0.413 e. The average molecular weight is 201 g/mol. The molecule has 1 heterocycles. The van der Waals surface area contributed by atoms with E-state index < -0.39 is 8.32 Å². The largest absolute Gasteiger partial charge is 0.413 e. The molecule has 0 bridgehead atoms. The molecule has 1 atom stereocenters. The van der Waals surface area contributed by atoms with E-state index in [1.165, 1.54) is 24.6 Å². The lowest BCUT2D eigenvalue weighted by molar-refractivity contribution is 0.207. The summed E-state index contributed by atoms with van der Waals surface area (Å²) in [5, 5.41) is 3.36. The second-order valence-corrected chi connectivity index (χ2v) is 8.70. The summed E-state index contributed by atoms with van der Waals surface area (Å²) in [6.45, 7) is 9.10. The van der Waals surface area contributed by atoms with E-state index in [1.807, 2.05) is 0 Å². The standard InChI is InChI=1S/C10H23NOSi/c1-4-13(5-2,6-3)12-10-7-8-11-9-10/h10-11H,4-9H2,1-3H3/t10-/m0/s1. The second-order valence-electron chi connectivity index (χ2n) is 3.98. The summed E-state index contributed by atoms with van der Waals surface area (Å²) < 4.78 is 6.32. The van der Waals surface area contributed by atoms with Crippen LogP contribution < -0.4 is 5.32 Å². The average Bonchev–Trinajstić information content (AvgIpc) is 2.67. The van der Waals surface area contributed by atoms with Gasteiger partial charge in [-0.25, -0.2) is 0 Å². The molecule has 1 saturated heterocycles. The van der Waals surface area contributed by atoms with Crippen molar-refractivity contribution in [1.29, 1.82) is 0 Å². The summed E-state index contributed by atoms with van der Waals surface area (Å²) in [7, 11) is -1.32. The smallest absolute Gasteiger partial charge is 0.192 e. The van der Waals surface area contributed by atoms with Crippen LogP contribution >= 0.6 is 0 Å². The van der Waals surface area contributed by atoms with Gasteiger partial charge in [-0.2, -0.15) is 0 Å². The summed E-state index contributed by atoms with van der Waals surface area (Å²) in [4.78, 5) is 0. The molecule has 1 N–H and O–H groups in total. The summed E-state index contributed by atoms with van der Waals surface area (Å²) in [6.07, 6.45) is 1.74. The van der Waals surface area contributed by atoms with Crippen molar-refractivity contribution < 1.29 is 4.43 Å².